The van der Waals surface area contributed by atoms with E-state index in [9.17, 15) is 31.9 Å². The summed E-state index contributed by atoms with van der Waals surface area (Å²) in [7, 11) is 0. The molecule has 0 amide bonds. The minimum absolute atomic E-state index is 0.153. The molecule has 1 N–H and O–H groups in total. The Morgan fingerprint density at radius 3 is 1.68 bits per heavy atom. The molecule has 266 valence electrons. The highest BCUT2D eigenvalue weighted by Gasteiger charge is 2.14. The van der Waals surface area contributed by atoms with Gasteiger partial charge in [0, 0.05) is 30.6 Å². The normalized spacial score (nSPS) is 10.6. The van der Waals surface area contributed by atoms with E-state index < -0.39 is 37.1 Å². The largest absolute Gasteiger partial charge is 0.503 e. The number of aromatic hydroxyl groups is 1. The van der Waals surface area contributed by atoms with Gasteiger partial charge in [0.1, 0.15) is 19.0 Å². The Hall–Kier alpha value is -5.59. The number of ether oxygens (including phenoxy) is 2. The quantitative estimate of drug-likeness (QED) is 0.149. The molecule has 0 saturated carbocycles. The van der Waals surface area contributed by atoms with Gasteiger partial charge in [-0.05, 0) is 31.4 Å². The lowest BCUT2D eigenvalue weighted by atomic mass is 10.2. The average molecular weight is 699 g/mol. The smallest absolute Gasteiger partial charge is 0.256 e. The van der Waals surface area contributed by atoms with Gasteiger partial charge in [0.2, 0.25) is 22.0 Å². The standard InChI is InChI=1S/C16H17F2NO2.C13H12O3.C8H9F2NO2/c1-2-13-16(21-11-12-6-4-3-5-7-12)14(20)8-9-19(13)10-15(17)18;1-10-13(12(14)7-8-15-10)16-9-11-5-3-2-4-6-11;1-5-8(13)6(12)2-3-11(5)4-7(9)10/h3-9,15H,2,10-11H2,1H3;2-8H,9H2,1H3;2-3,7,13H,4H2,1H3. The van der Waals surface area contributed by atoms with Gasteiger partial charge in [-0.2, -0.15) is 0 Å². The maximum Gasteiger partial charge on any atom is 0.256 e. The molecule has 0 fully saturated rings. The van der Waals surface area contributed by atoms with Crippen LogP contribution in [-0.2, 0) is 32.7 Å². The van der Waals surface area contributed by atoms with Crippen molar-refractivity contribution in [1.82, 2.24) is 9.13 Å². The predicted molar refractivity (Wildman–Crippen MR) is 180 cm³/mol. The van der Waals surface area contributed by atoms with E-state index in [1.54, 1.807) is 6.92 Å². The summed E-state index contributed by atoms with van der Waals surface area (Å²) < 4.78 is 67.7. The van der Waals surface area contributed by atoms with Gasteiger partial charge in [-0.15, -0.1) is 0 Å². The first kappa shape index (κ1) is 38.9. The molecule has 0 atom stereocenters. The first-order chi connectivity index (χ1) is 23.9. The predicted octanol–water partition coefficient (Wildman–Crippen LogP) is 6.91. The zero-order chi connectivity index (χ0) is 36.6. The SMILES string of the molecule is CCc1c(OCc2ccccc2)c(=O)ccn1CC(F)F.Cc1c(O)c(=O)ccn1CC(F)F.Cc1occc(=O)c1OCc1ccccc1. The van der Waals surface area contributed by atoms with Crippen molar-refractivity contribution in [2.24, 2.45) is 0 Å². The number of aryl methyl sites for hydroxylation is 1. The number of hydrogen-bond donors (Lipinski definition) is 1. The first-order valence-corrected chi connectivity index (χ1v) is 15.5. The molecule has 3 heterocycles. The van der Waals surface area contributed by atoms with E-state index in [1.807, 2.05) is 67.6 Å². The van der Waals surface area contributed by atoms with Gasteiger partial charge in [0.05, 0.1) is 30.7 Å². The molecule has 2 aromatic carbocycles. The molecule has 0 unspecified atom stereocenters. The fraction of sp³-hybridized carbons (Fsp3) is 0.270. The fourth-order valence-corrected chi connectivity index (χ4v) is 4.58. The van der Waals surface area contributed by atoms with Crippen molar-refractivity contribution in [1.29, 1.82) is 0 Å². The van der Waals surface area contributed by atoms with Crippen molar-refractivity contribution in [2.75, 3.05) is 0 Å². The van der Waals surface area contributed by atoms with Crippen LogP contribution in [0.15, 0.2) is 116 Å². The van der Waals surface area contributed by atoms with Crippen LogP contribution in [0.4, 0.5) is 17.6 Å². The third kappa shape index (κ3) is 11.8. The molecule has 5 aromatic rings. The van der Waals surface area contributed by atoms with Crippen molar-refractivity contribution in [3.05, 3.63) is 156 Å². The molecule has 5 rings (SSSR count). The van der Waals surface area contributed by atoms with Crippen LogP contribution in [0.5, 0.6) is 17.2 Å². The fourth-order valence-electron chi connectivity index (χ4n) is 4.58. The van der Waals surface area contributed by atoms with Gasteiger partial charge < -0.3 is 28.1 Å². The summed E-state index contributed by atoms with van der Waals surface area (Å²) in [6.45, 7) is 4.59. The number of aromatic nitrogens is 2. The first-order valence-electron chi connectivity index (χ1n) is 15.5. The van der Waals surface area contributed by atoms with Gasteiger partial charge in [-0.3, -0.25) is 14.4 Å². The second-order valence-corrected chi connectivity index (χ2v) is 10.7. The van der Waals surface area contributed by atoms with E-state index in [0.717, 1.165) is 21.8 Å². The Balaban J connectivity index is 0.000000209. The number of benzene rings is 2. The second-order valence-electron chi connectivity index (χ2n) is 10.7. The van der Waals surface area contributed by atoms with E-state index in [4.69, 9.17) is 19.0 Å². The minimum atomic E-state index is -2.50. The van der Waals surface area contributed by atoms with Crippen molar-refractivity contribution in [3.8, 4) is 17.2 Å². The molecule has 0 aliphatic carbocycles. The Labute approximate surface area is 285 Å². The van der Waals surface area contributed by atoms with Crippen LogP contribution in [0.3, 0.4) is 0 Å². The summed E-state index contributed by atoms with van der Waals surface area (Å²) in [4.78, 5) is 34.2. The molecule has 0 spiro atoms. The Morgan fingerprint density at radius 2 is 1.16 bits per heavy atom. The highest BCUT2D eigenvalue weighted by molar-refractivity contribution is 5.29. The number of rotatable bonds is 11. The van der Waals surface area contributed by atoms with Gasteiger partial charge in [0.15, 0.2) is 11.5 Å². The highest BCUT2D eigenvalue weighted by Crippen LogP contribution is 2.17. The van der Waals surface area contributed by atoms with Gasteiger partial charge in [-0.25, -0.2) is 17.6 Å². The Kier molecular flexibility index (Phi) is 15.1. The highest BCUT2D eigenvalue weighted by atomic mass is 19.3. The molecule has 0 aliphatic heterocycles. The summed E-state index contributed by atoms with van der Waals surface area (Å²) in [6, 6.07) is 22.8. The average Bonchev–Trinajstić information content (AvgIpc) is 3.09. The van der Waals surface area contributed by atoms with Gasteiger partial charge >= 0.3 is 0 Å². The van der Waals surface area contributed by atoms with Gasteiger partial charge in [0.25, 0.3) is 12.9 Å². The summed E-state index contributed by atoms with van der Waals surface area (Å²) in [6.07, 6.45) is -0.521. The van der Waals surface area contributed by atoms with E-state index in [2.05, 4.69) is 0 Å². The molecule has 50 heavy (non-hydrogen) atoms. The zero-order valence-electron chi connectivity index (χ0n) is 27.7. The summed E-state index contributed by atoms with van der Waals surface area (Å²) in [5.74, 6) is 0.474. The number of nitrogens with zero attached hydrogens (tertiary/aromatic N) is 2. The van der Waals surface area contributed by atoms with E-state index in [-0.39, 0.29) is 34.7 Å². The third-order valence-corrected chi connectivity index (χ3v) is 7.12. The van der Waals surface area contributed by atoms with E-state index in [0.29, 0.717) is 24.5 Å². The Morgan fingerprint density at radius 1 is 0.680 bits per heavy atom. The molecular weight excluding hydrogens is 660 g/mol. The van der Waals surface area contributed by atoms with Crippen molar-refractivity contribution < 1.29 is 36.6 Å². The number of alkyl halides is 4. The lowest BCUT2D eigenvalue weighted by molar-refractivity contribution is 0.124. The molecule has 3 aromatic heterocycles. The lowest BCUT2D eigenvalue weighted by Crippen LogP contribution is -2.19. The molecule has 0 radical (unpaired) electrons. The maximum atomic E-state index is 12.6. The van der Waals surface area contributed by atoms with Crippen LogP contribution < -0.4 is 25.8 Å². The summed E-state index contributed by atoms with van der Waals surface area (Å²) in [5, 5.41) is 9.12. The maximum absolute atomic E-state index is 12.6. The molecular formula is C37H38F4N2O7. The topological polar surface area (TPSA) is 113 Å². The number of pyridine rings is 2. The van der Waals surface area contributed by atoms with Gasteiger partial charge in [-0.1, -0.05) is 67.6 Å². The van der Waals surface area contributed by atoms with Crippen molar-refractivity contribution in [2.45, 2.75) is 66.3 Å². The second kappa shape index (κ2) is 19.4. The number of halogens is 4. The molecule has 0 saturated heterocycles. The third-order valence-electron chi connectivity index (χ3n) is 7.12. The number of hydrogen-bond acceptors (Lipinski definition) is 7. The van der Waals surface area contributed by atoms with E-state index in [1.165, 1.54) is 42.3 Å². The van der Waals surface area contributed by atoms with Crippen LogP contribution in [0.25, 0.3) is 0 Å². The van der Waals surface area contributed by atoms with Crippen LogP contribution in [0, 0.1) is 13.8 Å². The molecule has 0 bridgehead atoms. The van der Waals surface area contributed by atoms with Crippen LogP contribution in [0.1, 0.15) is 35.2 Å². The zero-order valence-corrected chi connectivity index (χ0v) is 27.7. The monoisotopic (exact) mass is 698 g/mol. The van der Waals surface area contributed by atoms with Crippen LogP contribution in [-0.4, -0.2) is 27.1 Å². The van der Waals surface area contributed by atoms with Crippen LogP contribution >= 0.6 is 0 Å². The minimum Gasteiger partial charge on any atom is -0.503 e. The summed E-state index contributed by atoms with van der Waals surface area (Å²) in [5.41, 5.74) is 1.61. The van der Waals surface area contributed by atoms with E-state index >= 15 is 0 Å². The molecule has 0 aliphatic rings. The summed E-state index contributed by atoms with van der Waals surface area (Å²) >= 11 is 0. The van der Waals surface area contributed by atoms with Crippen molar-refractivity contribution >= 4 is 0 Å². The Bertz CT molecular complexity index is 1960. The van der Waals surface area contributed by atoms with Crippen LogP contribution in [0.2, 0.25) is 0 Å². The molecule has 9 nitrogen and oxygen atoms in total. The molecule has 13 heteroatoms. The lowest BCUT2D eigenvalue weighted by Gasteiger charge is -2.16. The van der Waals surface area contributed by atoms with Crippen molar-refractivity contribution in [3.63, 3.8) is 0 Å².